The van der Waals surface area contributed by atoms with Gasteiger partial charge in [0.25, 0.3) is 0 Å². The maximum Gasteiger partial charge on any atom is 0.408 e. The molecule has 2 heterocycles. The fourth-order valence-corrected chi connectivity index (χ4v) is 3.65. The Morgan fingerprint density at radius 2 is 1.77 bits per heavy atom. The van der Waals surface area contributed by atoms with E-state index in [9.17, 15) is 24.6 Å². The van der Waals surface area contributed by atoms with Crippen molar-refractivity contribution in [3.63, 3.8) is 0 Å². The van der Waals surface area contributed by atoms with E-state index in [1.165, 1.54) is 6.92 Å². The normalized spacial score (nSPS) is 19.6. The number of benzene rings is 2. The van der Waals surface area contributed by atoms with Crippen molar-refractivity contribution in [2.24, 2.45) is 0 Å². The lowest BCUT2D eigenvalue weighted by Gasteiger charge is -2.34. The molecule has 1 amide bonds. The zero-order valence-corrected chi connectivity index (χ0v) is 16.0. The first-order valence-corrected chi connectivity index (χ1v) is 9.28. The zero-order chi connectivity index (χ0) is 21.4. The van der Waals surface area contributed by atoms with E-state index in [0.717, 1.165) is 16.0 Å². The summed E-state index contributed by atoms with van der Waals surface area (Å²) in [5.41, 5.74) is 2.24. The number of ether oxygens (including phenoxy) is 3. The molecule has 0 radical (unpaired) electrons. The molecule has 2 aromatic carbocycles. The highest BCUT2D eigenvalue weighted by Crippen LogP contribution is 2.40. The smallest absolute Gasteiger partial charge is 0.408 e. The van der Waals surface area contributed by atoms with Crippen LogP contribution in [0.25, 0.3) is 0 Å². The second-order valence-electron chi connectivity index (χ2n) is 7.12. The Hall–Kier alpha value is -3.75. The average Bonchev–Trinajstić information content (AvgIpc) is 2.70. The van der Waals surface area contributed by atoms with Crippen molar-refractivity contribution in [2.45, 2.75) is 32.0 Å². The van der Waals surface area contributed by atoms with Crippen LogP contribution in [0.2, 0.25) is 0 Å². The topological polar surface area (TPSA) is 123 Å². The number of nitrogens with zero attached hydrogens (tertiary/aromatic N) is 1. The molecule has 2 atom stereocenters. The molecule has 0 aliphatic carbocycles. The average molecular weight is 413 g/mol. The van der Waals surface area contributed by atoms with E-state index in [2.05, 4.69) is 0 Å². The molecular weight excluding hydrogens is 394 g/mol. The maximum atomic E-state index is 11.5. The number of carbonyl (C=O) groups excluding carboxylic acids is 1. The minimum atomic E-state index is -1.28. The van der Waals surface area contributed by atoms with Gasteiger partial charge in [0, 0.05) is 13.3 Å². The van der Waals surface area contributed by atoms with Crippen LogP contribution in [0, 0.1) is 0 Å². The van der Waals surface area contributed by atoms with Gasteiger partial charge >= 0.3 is 18.0 Å². The van der Waals surface area contributed by atoms with Gasteiger partial charge in [-0.3, -0.25) is 9.69 Å². The molecule has 4 rings (SSSR count). The number of amides is 1. The number of carboxylic acids is 1. The molecule has 2 N–H and O–H groups in total. The summed E-state index contributed by atoms with van der Waals surface area (Å²) in [5.74, 6) is -0.198. The Bertz CT molecular complexity index is 1020. The van der Waals surface area contributed by atoms with Gasteiger partial charge in [0.1, 0.15) is 18.4 Å². The number of carbonyl (C=O) groups is 3. The summed E-state index contributed by atoms with van der Waals surface area (Å²) in [6.07, 6.45) is -1.61. The second kappa shape index (κ2) is 7.58. The lowest BCUT2D eigenvalue weighted by atomic mass is 9.93. The van der Waals surface area contributed by atoms with Crippen LogP contribution in [-0.4, -0.2) is 45.8 Å². The van der Waals surface area contributed by atoms with E-state index in [-0.39, 0.29) is 19.6 Å². The SMILES string of the molecule is CC(=O)Oc1ccc([C@H]2COc3cc4c(cc3O2)CN(C(=O)O)[C@H](C(=O)O)C4)cc1. The number of esters is 1. The standard InChI is InChI=1S/C21H19NO8/c1-11(23)29-15-4-2-12(3-5-15)19-10-28-17-7-13-6-16(20(24)25)22(21(26)27)9-14(13)8-18(17)30-19/h2-5,7-8,16,19H,6,9-10H2,1H3,(H,24,25)(H,26,27)/t16-,19+/m0/s1. The van der Waals surface area contributed by atoms with Crippen LogP contribution in [0.15, 0.2) is 36.4 Å². The van der Waals surface area contributed by atoms with Crippen molar-refractivity contribution in [2.75, 3.05) is 6.61 Å². The summed E-state index contributed by atoms with van der Waals surface area (Å²) in [6, 6.07) is 9.18. The minimum absolute atomic E-state index is 0.0416. The van der Waals surface area contributed by atoms with Crippen LogP contribution >= 0.6 is 0 Å². The summed E-state index contributed by atoms with van der Waals surface area (Å²) < 4.78 is 16.9. The van der Waals surface area contributed by atoms with Gasteiger partial charge in [-0.05, 0) is 41.0 Å². The highest BCUT2D eigenvalue weighted by Gasteiger charge is 2.36. The van der Waals surface area contributed by atoms with Crippen LogP contribution in [0.5, 0.6) is 17.2 Å². The highest BCUT2D eigenvalue weighted by atomic mass is 16.6. The van der Waals surface area contributed by atoms with Gasteiger partial charge in [0.15, 0.2) is 17.6 Å². The van der Waals surface area contributed by atoms with Gasteiger partial charge in [-0.15, -0.1) is 0 Å². The monoisotopic (exact) mass is 413 g/mol. The molecule has 2 aliphatic rings. The Morgan fingerprint density at radius 1 is 1.07 bits per heavy atom. The van der Waals surface area contributed by atoms with E-state index < -0.39 is 30.2 Å². The molecule has 0 spiro atoms. The van der Waals surface area contributed by atoms with Gasteiger partial charge in [-0.2, -0.15) is 0 Å². The fraction of sp³-hybridized carbons (Fsp3) is 0.286. The Morgan fingerprint density at radius 3 is 2.40 bits per heavy atom. The van der Waals surface area contributed by atoms with Gasteiger partial charge in [0.05, 0.1) is 6.54 Å². The quantitative estimate of drug-likeness (QED) is 0.582. The van der Waals surface area contributed by atoms with Gasteiger partial charge in [-0.25, -0.2) is 9.59 Å². The second-order valence-corrected chi connectivity index (χ2v) is 7.12. The van der Waals surface area contributed by atoms with Crippen LogP contribution in [0.3, 0.4) is 0 Å². The summed E-state index contributed by atoms with van der Waals surface area (Å²) in [7, 11) is 0. The lowest BCUT2D eigenvalue weighted by Crippen LogP contribution is -2.48. The number of fused-ring (bicyclic) bond motifs is 2. The summed E-state index contributed by atoms with van der Waals surface area (Å²) in [6.45, 7) is 1.54. The molecule has 9 heteroatoms. The molecule has 0 aromatic heterocycles. The lowest BCUT2D eigenvalue weighted by molar-refractivity contribution is -0.143. The molecule has 0 unspecified atom stereocenters. The fourth-order valence-electron chi connectivity index (χ4n) is 3.65. The number of rotatable bonds is 3. The van der Waals surface area contributed by atoms with Crippen LogP contribution in [0.4, 0.5) is 4.79 Å². The van der Waals surface area contributed by atoms with E-state index in [4.69, 9.17) is 14.2 Å². The molecular formula is C21H19NO8. The molecule has 2 aliphatic heterocycles. The number of carboxylic acid groups (broad SMARTS) is 2. The van der Waals surface area contributed by atoms with Gasteiger partial charge < -0.3 is 24.4 Å². The number of hydrogen-bond acceptors (Lipinski definition) is 6. The summed E-state index contributed by atoms with van der Waals surface area (Å²) in [4.78, 5) is 34.9. The Kier molecular flexibility index (Phi) is 4.94. The molecule has 9 nitrogen and oxygen atoms in total. The largest absolute Gasteiger partial charge is 0.485 e. The predicted octanol–water partition coefficient (Wildman–Crippen LogP) is 2.61. The van der Waals surface area contributed by atoms with Crippen LogP contribution in [-0.2, 0) is 22.6 Å². The third kappa shape index (κ3) is 3.73. The molecule has 0 fully saturated rings. The maximum absolute atomic E-state index is 11.5. The van der Waals surface area contributed by atoms with Crippen molar-refractivity contribution < 1.29 is 38.8 Å². The molecule has 0 saturated heterocycles. The molecule has 30 heavy (non-hydrogen) atoms. The number of hydrogen-bond donors (Lipinski definition) is 2. The van der Waals surface area contributed by atoms with Crippen molar-refractivity contribution >= 4 is 18.0 Å². The first-order chi connectivity index (χ1) is 14.3. The summed E-state index contributed by atoms with van der Waals surface area (Å²) >= 11 is 0. The van der Waals surface area contributed by atoms with E-state index in [1.54, 1.807) is 36.4 Å². The number of aliphatic carboxylic acids is 1. The Balaban J connectivity index is 1.56. The van der Waals surface area contributed by atoms with Crippen molar-refractivity contribution in [1.82, 2.24) is 4.90 Å². The van der Waals surface area contributed by atoms with Gasteiger partial charge in [-0.1, -0.05) is 12.1 Å². The predicted molar refractivity (Wildman–Crippen MR) is 102 cm³/mol. The Labute approximate surface area is 171 Å². The minimum Gasteiger partial charge on any atom is -0.485 e. The van der Waals surface area contributed by atoms with E-state index in [0.29, 0.717) is 22.8 Å². The molecule has 156 valence electrons. The zero-order valence-electron chi connectivity index (χ0n) is 16.0. The highest BCUT2D eigenvalue weighted by molar-refractivity contribution is 5.80. The third-order valence-corrected chi connectivity index (χ3v) is 5.10. The summed E-state index contributed by atoms with van der Waals surface area (Å²) in [5, 5.41) is 18.7. The van der Waals surface area contributed by atoms with Crippen LogP contribution in [0.1, 0.15) is 29.7 Å². The molecule has 0 saturated carbocycles. The van der Waals surface area contributed by atoms with Crippen molar-refractivity contribution in [3.05, 3.63) is 53.1 Å². The van der Waals surface area contributed by atoms with E-state index >= 15 is 0 Å². The molecule has 0 bridgehead atoms. The van der Waals surface area contributed by atoms with E-state index in [1.807, 2.05) is 0 Å². The first kappa shape index (κ1) is 19.6. The third-order valence-electron chi connectivity index (χ3n) is 5.10. The van der Waals surface area contributed by atoms with Crippen LogP contribution < -0.4 is 14.2 Å². The first-order valence-electron chi connectivity index (χ1n) is 9.28. The van der Waals surface area contributed by atoms with Gasteiger partial charge in [0.2, 0.25) is 0 Å². The van der Waals surface area contributed by atoms with Crippen molar-refractivity contribution in [3.8, 4) is 17.2 Å². The van der Waals surface area contributed by atoms with Crippen molar-refractivity contribution in [1.29, 1.82) is 0 Å². The molecule has 2 aromatic rings.